The number of rotatable bonds is 1. The molecular weight excluding hydrogens is 301 g/mol. The Morgan fingerprint density at radius 2 is 2.06 bits per heavy atom. The van der Waals surface area contributed by atoms with Gasteiger partial charge in [-0.2, -0.15) is 0 Å². The first-order valence-electron chi connectivity index (χ1n) is 5.48. The highest BCUT2D eigenvalue weighted by Gasteiger charge is 2.22. The Morgan fingerprint density at radius 1 is 1.39 bits per heavy atom. The number of ether oxygens (including phenoxy) is 1. The minimum Gasteiger partial charge on any atom is -0.456 e. The second kappa shape index (κ2) is 4.39. The number of aromatic amines is 1. The summed E-state index contributed by atoms with van der Waals surface area (Å²) in [4.78, 5) is 14.9. The Labute approximate surface area is 112 Å². The molecular formula is C13H13BrFNO2. The first kappa shape index (κ1) is 13.1. The predicted molar refractivity (Wildman–Crippen MR) is 71.1 cm³/mol. The number of fused-ring (bicyclic) bond motifs is 1. The summed E-state index contributed by atoms with van der Waals surface area (Å²) >= 11 is 3.16. The van der Waals surface area contributed by atoms with Gasteiger partial charge in [0.2, 0.25) is 0 Å². The van der Waals surface area contributed by atoms with Crippen LogP contribution in [0.25, 0.3) is 10.9 Å². The SMILES string of the molecule is CC(C)(C)OC(=O)c1c[nH]c2ccc(F)c(Br)c12. The highest BCUT2D eigenvalue weighted by atomic mass is 79.9. The van der Waals surface area contributed by atoms with Crippen LogP contribution in [-0.4, -0.2) is 16.6 Å². The van der Waals surface area contributed by atoms with E-state index in [1.165, 1.54) is 12.3 Å². The van der Waals surface area contributed by atoms with Crippen molar-refractivity contribution in [3.63, 3.8) is 0 Å². The first-order chi connectivity index (χ1) is 8.29. The molecule has 0 unspecified atom stereocenters. The zero-order chi connectivity index (χ0) is 13.5. The molecule has 0 radical (unpaired) electrons. The number of halogens is 2. The van der Waals surface area contributed by atoms with Crippen LogP contribution in [0.2, 0.25) is 0 Å². The van der Waals surface area contributed by atoms with Crippen LogP contribution in [0.5, 0.6) is 0 Å². The van der Waals surface area contributed by atoms with E-state index in [1.807, 2.05) is 0 Å². The van der Waals surface area contributed by atoms with Crippen molar-refractivity contribution in [2.24, 2.45) is 0 Å². The molecule has 0 spiro atoms. The number of nitrogens with one attached hydrogen (secondary N) is 1. The number of hydrogen-bond donors (Lipinski definition) is 1. The Morgan fingerprint density at radius 3 is 2.67 bits per heavy atom. The molecule has 1 aromatic carbocycles. The molecule has 2 rings (SSSR count). The molecule has 0 aliphatic carbocycles. The highest BCUT2D eigenvalue weighted by Crippen LogP contribution is 2.30. The average Bonchev–Trinajstić information content (AvgIpc) is 2.65. The van der Waals surface area contributed by atoms with Crippen LogP contribution in [0.1, 0.15) is 31.1 Å². The maximum atomic E-state index is 13.5. The largest absolute Gasteiger partial charge is 0.456 e. The van der Waals surface area contributed by atoms with Gasteiger partial charge >= 0.3 is 5.97 Å². The molecule has 3 nitrogen and oxygen atoms in total. The number of aromatic nitrogens is 1. The van der Waals surface area contributed by atoms with Crippen LogP contribution < -0.4 is 0 Å². The third-order valence-electron chi connectivity index (χ3n) is 2.35. The molecule has 18 heavy (non-hydrogen) atoms. The molecule has 0 atom stereocenters. The highest BCUT2D eigenvalue weighted by molar-refractivity contribution is 9.10. The molecule has 0 fully saturated rings. The third kappa shape index (κ3) is 2.41. The molecule has 0 aliphatic heterocycles. The minimum atomic E-state index is -0.583. The number of esters is 1. The Balaban J connectivity index is 2.52. The summed E-state index contributed by atoms with van der Waals surface area (Å²) in [6.45, 7) is 5.36. The fraction of sp³-hybridized carbons (Fsp3) is 0.308. The molecule has 0 amide bonds. The lowest BCUT2D eigenvalue weighted by molar-refractivity contribution is 0.00719. The fourth-order valence-electron chi connectivity index (χ4n) is 1.65. The maximum absolute atomic E-state index is 13.5. The van der Waals surface area contributed by atoms with Crippen LogP contribution in [0.3, 0.4) is 0 Å². The van der Waals surface area contributed by atoms with Gasteiger partial charge in [-0.1, -0.05) is 0 Å². The zero-order valence-corrected chi connectivity index (χ0v) is 11.9. The molecule has 2 aromatic rings. The van der Waals surface area contributed by atoms with Crippen molar-refractivity contribution in [2.45, 2.75) is 26.4 Å². The van der Waals surface area contributed by atoms with Crippen molar-refractivity contribution in [2.75, 3.05) is 0 Å². The minimum absolute atomic E-state index is 0.266. The van der Waals surface area contributed by atoms with Crippen LogP contribution in [0.4, 0.5) is 4.39 Å². The first-order valence-corrected chi connectivity index (χ1v) is 6.27. The van der Waals surface area contributed by atoms with E-state index < -0.39 is 17.4 Å². The monoisotopic (exact) mass is 313 g/mol. The van der Waals surface area contributed by atoms with Crippen molar-refractivity contribution < 1.29 is 13.9 Å². The molecule has 0 saturated carbocycles. The van der Waals surface area contributed by atoms with Gasteiger partial charge in [-0.05, 0) is 48.8 Å². The fourth-order valence-corrected chi connectivity index (χ4v) is 2.21. The summed E-state index contributed by atoms with van der Waals surface area (Å²) in [7, 11) is 0. The molecule has 96 valence electrons. The number of H-pyrrole nitrogens is 1. The van der Waals surface area contributed by atoms with Gasteiger partial charge in [-0.3, -0.25) is 0 Å². The van der Waals surface area contributed by atoms with Gasteiger partial charge in [0.25, 0.3) is 0 Å². The molecule has 1 heterocycles. The van der Waals surface area contributed by atoms with Gasteiger partial charge in [0.05, 0.1) is 10.0 Å². The van der Waals surface area contributed by atoms with E-state index in [9.17, 15) is 9.18 Å². The van der Waals surface area contributed by atoms with Gasteiger partial charge < -0.3 is 9.72 Å². The number of carbonyl (C=O) groups is 1. The lowest BCUT2D eigenvalue weighted by atomic mass is 10.1. The van der Waals surface area contributed by atoms with E-state index in [0.29, 0.717) is 16.5 Å². The number of carbonyl (C=O) groups excluding carboxylic acids is 1. The van der Waals surface area contributed by atoms with E-state index in [0.717, 1.165) is 0 Å². The van der Waals surface area contributed by atoms with Crippen molar-refractivity contribution in [3.8, 4) is 0 Å². The molecule has 0 bridgehead atoms. The number of hydrogen-bond acceptors (Lipinski definition) is 2. The van der Waals surface area contributed by atoms with Crippen LogP contribution in [0.15, 0.2) is 22.8 Å². The number of benzene rings is 1. The van der Waals surface area contributed by atoms with Crippen molar-refractivity contribution in [1.82, 2.24) is 4.98 Å². The van der Waals surface area contributed by atoms with E-state index in [-0.39, 0.29) is 4.47 Å². The molecule has 0 aliphatic rings. The summed E-state index contributed by atoms with van der Waals surface area (Å²) < 4.78 is 19.0. The van der Waals surface area contributed by atoms with E-state index >= 15 is 0 Å². The van der Waals surface area contributed by atoms with Crippen LogP contribution in [0, 0.1) is 5.82 Å². The quantitative estimate of drug-likeness (QED) is 0.808. The second-order valence-electron chi connectivity index (χ2n) is 4.99. The zero-order valence-electron chi connectivity index (χ0n) is 10.3. The van der Waals surface area contributed by atoms with Gasteiger partial charge in [-0.25, -0.2) is 9.18 Å². The summed E-state index contributed by atoms with van der Waals surface area (Å²) in [5.41, 5.74) is 0.427. The second-order valence-corrected chi connectivity index (χ2v) is 5.78. The van der Waals surface area contributed by atoms with Gasteiger partial charge in [-0.15, -0.1) is 0 Å². The lowest BCUT2D eigenvalue weighted by Crippen LogP contribution is -2.23. The predicted octanol–water partition coefficient (Wildman–Crippen LogP) is 4.02. The summed E-state index contributed by atoms with van der Waals surface area (Å²) in [6.07, 6.45) is 1.53. The molecule has 1 N–H and O–H groups in total. The van der Waals surface area contributed by atoms with Gasteiger partial charge in [0, 0.05) is 17.1 Å². The van der Waals surface area contributed by atoms with Crippen LogP contribution in [-0.2, 0) is 4.74 Å². The maximum Gasteiger partial charge on any atom is 0.340 e. The van der Waals surface area contributed by atoms with Crippen molar-refractivity contribution >= 4 is 32.8 Å². The standard InChI is InChI=1S/C13H13BrFNO2/c1-13(2,3)18-12(17)7-6-16-9-5-4-8(15)11(14)10(7)9/h4-6,16H,1-3H3. The van der Waals surface area contributed by atoms with Crippen molar-refractivity contribution in [1.29, 1.82) is 0 Å². The molecule has 1 aromatic heterocycles. The Hall–Kier alpha value is -1.36. The molecule has 0 saturated heterocycles. The topological polar surface area (TPSA) is 42.1 Å². The Bertz CT molecular complexity index is 613. The van der Waals surface area contributed by atoms with Crippen molar-refractivity contribution in [3.05, 3.63) is 34.2 Å². The average molecular weight is 314 g/mol. The summed E-state index contributed by atoms with van der Waals surface area (Å²) in [6, 6.07) is 2.92. The lowest BCUT2D eigenvalue weighted by Gasteiger charge is -2.19. The van der Waals surface area contributed by atoms with E-state index in [1.54, 1.807) is 26.8 Å². The van der Waals surface area contributed by atoms with E-state index in [4.69, 9.17) is 4.74 Å². The van der Waals surface area contributed by atoms with Gasteiger partial charge in [0.1, 0.15) is 11.4 Å². The van der Waals surface area contributed by atoms with Crippen LogP contribution >= 0.6 is 15.9 Å². The summed E-state index contributed by atoms with van der Waals surface area (Å²) in [5, 5.41) is 0.504. The normalized spacial score (nSPS) is 11.8. The molecule has 5 heteroatoms. The van der Waals surface area contributed by atoms with Gasteiger partial charge in [0.15, 0.2) is 0 Å². The smallest absolute Gasteiger partial charge is 0.340 e. The third-order valence-corrected chi connectivity index (χ3v) is 3.13. The summed E-state index contributed by atoms with van der Waals surface area (Å²) in [5.74, 6) is -0.882. The van der Waals surface area contributed by atoms with E-state index in [2.05, 4.69) is 20.9 Å². The Kier molecular flexibility index (Phi) is 3.19.